The number of nitrogens with two attached hydrogens (primary N) is 1. The Morgan fingerprint density at radius 1 is 1.17 bits per heavy atom. The van der Waals surface area contributed by atoms with Crippen molar-refractivity contribution in [2.45, 2.75) is 11.8 Å². The van der Waals surface area contributed by atoms with E-state index in [4.69, 9.17) is 28.9 Å². The van der Waals surface area contributed by atoms with Gasteiger partial charge in [0.25, 0.3) is 5.91 Å². The zero-order chi connectivity index (χ0) is 17.9. The van der Waals surface area contributed by atoms with E-state index >= 15 is 0 Å². The molecule has 0 radical (unpaired) electrons. The summed E-state index contributed by atoms with van der Waals surface area (Å²) in [5, 5.41) is 3.02. The highest BCUT2D eigenvalue weighted by Crippen LogP contribution is 2.31. The van der Waals surface area contributed by atoms with Gasteiger partial charge < -0.3 is 11.1 Å². The van der Waals surface area contributed by atoms with Crippen molar-refractivity contribution in [3.8, 4) is 0 Å². The van der Waals surface area contributed by atoms with Crippen molar-refractivity contribution in [3.05, 3.63) is 52.0 Å². The average molecular weight is 388 g/mol. The van der Waals surface area contributed by atoms with Gasteiger partial charge in [0.15, 0.2) is 0 Å². The predicted molar refractivity (Wildman–Crippen MR) is 96.1 cm³/mol. The van der Waals surface area contributed by atoms with Crippen LogP contribution < -0.4 is 15.8 Å². The fraction of sp³-hybridized carbons (Fsp3) is 0.133. The second kappa shape index (κ2) is 7.40. The molecule has 4 N–H and O–H groups in total. The molecule has 24 heavy (non-hydrogen) atoms. The van der Waals surface area contributed by atoms with Crippen LogP contribution in [0.5, 0.6) is 0 Å². The molecule has 0 bridgehead atoms. The van der Waals surface area contributed by atoms with Gasteiger partial charge in [0, 0.05) is 17.8 Å². The molecule has 2 aromatic carbocycles. The molecule has 6 nitrogen and oxygen atoms in total. The molecule has 0 saturated carbocycles. The first-order valence-corrected chi connectivity index (χ1v) is 9.14. The van der Waals surface area contributed by atoms with E-state index in [1.54, 1.807) is 6.92 Å². The smallest absolute Gasteiger partial charge is 0.255 e. The van der Waals surface area contributed by atoms with Crippen LogP contribution in [0.3, 0.4) is 0 Å². The van der Waals surface area contributed by atoms with E-state index in [1.165, 1.54) is 36.4 Å². The van der Waals surface area contributed by atoms with Crippen LogP contribution in [-0.2, 0) is 10.0 Å². The molecule has 0 fully saturated rings. The molecule has 2 rings (SSSR count). The Bertz CT molecular complexity index is 862. The number of carbonyl (C=O) groups is 1. The fourth-order valence-electron chi connectivity index (χ4n) is 1.94. The van der Waals surface area contributed by atoms with E-state index in [1.807, 2.05) is 0 Å². The lowest BCUT2D eigenvalue weighted by Crippen LogP contribution is -2.23. The predicted octanol–water partition coefficient (Wildman–Crippen LogP) is 3.13. The quantitative estimate of drug-likeness (QED) is 0.685. The third-order valence-electron chi connectivity index (χ3n) is 3.08. The van der Waals surface area contributed by atoms with Gasteiger partial charge in [-0.25, -0.2) is 13.1 Å². The monoisotopic (exact) mass is 387 g/mol. The maximum Gasteiger partial charge on any atom is 0.255 e. The molecule has 1 amide bonds. The molecule has 128 valence electrons. The summed E-state index contributed by atoms with van der Waals surface area (Å²) >= 11 is 11.8. The van der Waals surface area contributed by atoms with Gasteiger partial charge in [0.2, 0.25) is 10.0 Å². The number of carbonyl (C=O) groups excluding carboxylic acids is 1. The van der Waals surface area contributed by atoms with Crippen LogP contribution in [0.2, 0.25) is 10.0 Å². The van der Waals surface area contributed by atoms with Crippen LogP contribution >= 0.6 is 23.2 Å². The first-order chi connectivity index (χ1) is 11.2. The molecular formula is C15H15Cl2N3O3S. The summed E-state index contributed by atoms with van der Waals surface area (Å²) in [6.07, 6.45) is 0. The average Bonchev–Trinajstić information content (AvgIpc) is 2.52. The van der Waals surface area contributed by atoms with Gasteiger partial charge in [-0.15, -0.1) is 0 Å². The minimum Gasteiger partial charge on any atom is -0.396 e. The first-order valence-electron chi connectivity index (χ1n) is 6.90. The van der Waals surface area contributed by atoms with Crippen molar-refractivity contribution < 1.29 is 13.2 Å². The molecule has 2 aromatic rings. The van der Waals surface area contributed by atoms with Crippen LogP contribution in [0.1, 0.15) is 17.3 Å². The van der Waals surface area contributed by atoms with Crippen molar-refractivity contribution in [2.24, 2.45) is 0 Å². The summed E-state index contributed by atoms with van der Waals surface area (Å²) < 4.78 is 26.4. The zero-order valence-corrected chi connectivity index (χ0v) is 15.0. The molecule has 0 saturated heterocycles. The molecule has 9 heteroatoms. The summed E-state index contributed by atoms with van der Waals surface area (Å²) in [6.45, 7) is 1.92. The molecule has 0 spiro atoms. The number of sulfonamides is 1. The highest BCUT2D eigenvalue weighted by molar-refractivity contribution is 7.89. The number of halogens is 2. The van der Waals surface area contributed by atoms with Gasteiger partial charge in [0.05, 0.1) is 20.6 Å². The normalized spacial score (nSPS) is 11.3. The standard InChI is InChI=1S/C15H15Cl2N3O3S/c1-2-19-24(22,23)11-5-3-4-9(6-11)15(21)20-10-7-12(16)14(18)13(17)8-10/h3-8,19H,2,18H2,1H3,(H,20,21). The highest BCUT2D eigenvalue weighted by Gasteiger charge is 2.16. The number of rotatable bonds is 5. The highest BCUT2D eigenvalue weighted by atomic mass is 35.5. The lowest BCUT2D eigenvalue weighted by molar-refractivity contribution is 0.102. The van der Waals surface area contributed by atoms with Gasteiger partial charge in [-0.2, -0.15) is 0 Å². The Morgan fingerprint density at radius 2 is 1.79 bits per heavy atom. The third-order valence-corrected chi connectivity index (χ3v) is 5.25. The molecule has 0 unspecified atom stereocenters. The number of amides is 1. The van der Waals surface area contributed by atoms with Gasteiger partial charge in [0.1, 0.15) is 0 Å². The van der Waals surface area contributed by atoms with Gasteiger partial charge in [-0.05, 0) is 30.3 Å². The molecular weight excluding hydrogens is 373 g/mol. The summed E-state index contributed by atoms with van der Waals surface area (Å²) in [7, 11) is -3.65. The number of anilines is 2. The molecule has 0 aliphatic heterocycles. The molecule has 0 atom stereocenters. The van der Waals surface area contributed by atoms with Crippen LogP contribution in [0.15, 0.2) is 41.3 Å². The Labute approximate surface area is 150 Å². The topological polar surface area (TPSA) is 101 Å². The van der Waals surface area contributed by atoms with E-state index in [0.29, 0.717) is 5.69 Å². The second-order valence-electron chi connectivity index (χ2n) is 4.84. The maximum absolute atomic E-state index is 12.3. The van der Waals surface area contributed by atoms with Gasteiger partial charge in [-0.3, -0.25) is 4.79 Å². The summed E-state index contributed by atoms with van der Waals surface area (Å²) in [4.78, 5) is 12.3. The minimum absolute atomic E-state index is 0.00497. The molecule has 0 aliphatic carbocycles. The van der Waals surface area contributed by atoms with Crippen molar-refractivity contribution in [1.82, 2.24) is 4.72 Å². The summed E-state index contributed by atoms with van der Waals surface area (Å²) in [5.74, 6) is -0.500. The Morgan fingerprint density at radius 3 is 2.38 bits per heavy atom. The number of nitrogens with one attached hydrogen (secondary N) is 2. The third kappa shape index (κ3) is 4.18. The van der Waals surface area contributed by atoms with E-state index in [0.717, 1.165) is 0 Å². The van der Waals surface area contributed by atoms with Crippen LogP contribution in [-0.4, -0.2) is 20.9 Å². The largest absolute Gasteiger partial charge is 0.396 e. The van der Waals surface area contributed by atoms with Crippen molar-refractivity contribution >= 4 is 50.5 Å². The summed E-state index contributed by atoms with van der Waals surface area (Å²) in [6, 6.07) is 8.60. The fourth-order valence-corrected chi connectivity index (χ4v) is 3.51. The Kier molecular flexibility index (Phi) is 5.71. The number of hydrogen-bond donors (Lipinski definition) is 3. The molecule has 0 aliphatic rings. The number of nitrogen functional groups attached to an aromatic ring is 1. The first kappa shape index (κ1) is 18.5. The van der Waals surface area contributed by atoms with E-state index in [9.17, 15) is 13.2 Å². The number of benzene rings is 2. The van der Waals surface area contributed by atoms with Crippen LogP contribution in [0.25, 0.3) is 0 Å². The van der Waals surface area contributed by atoms with Crippen LogP contribution in [0, 0.1) is 0 Å². The molecule has 0 aromatic heterocycles. The Balaban J connectivity index is 2.28. The van der Waals surface area contributed by atoms with E-state index < -0.39 is 15.9 Å². The van der Waals surface area contributed by atoms with Gasteiger partial charge >= 0.3 is 0 Å². The van der Waals surface area contributed by atoms with E-state index in [-0.39, 0.29) is 32.7 Å². The SMILES string of the molecule is CCNS(=O)(=O)c1cccc(C(=O)Nc2cc(Cl)c(N)c(Cl)c2)c1. The van der Waals surface area contributed by atoms with Crippen molar-refractivity contribution in [1.29, 1.82) is 0 Å². The van der Waals surface area contributed by atoms with E-state index in [2.05, 4.69) is 10.0 Å². The minimum atomic E-state index is -3.65. The molecule has 0 heterocycles. The van der Waals surface area contributed by atoms with Gasteiger partial charge in [-0.1, -0.05) is 36.2 Å². The lowest BCUT2D eigenvalue weighted by Gasteiger charge is -2.10. The Hall–Kier alpha value is -1.80. The van der Waals surface area contributed by atoms with Crippen molar-refractivity contribution in [3.63, 3.8) is 0 Å². The van der Waals surface area contributed by atoms with Crippen LogP contribution in [0.4, 0.5) is 11.4 Å². The lowest BCUT2D eigenvalue weighted by atomic mass is 10.2. The maximum atomic E-state index is 12.3. The second-order valence-corrected chi connectivity index (χ2v) is 7.42. The van der Waals surface area contributed by atoms with Crippen molar-refractivity contribution in [2.75, 3.05) is 17.6 Å². The zero-order valence-electron chi connectivity index (χ0n) is 12.6. The number of hydrogen-bond acceptors (Lipinski definition) is 4. The summed E-state index contributed by atoms with van der Waals surface area (Å²) in [5.41, 5.74) is 6.39.